The number of rotatable bonds is 4. The van der Waals surface area contributed by atoms with Crippen molar-refractivity contribution in [2.24, 2.45) is 0 Å². The molecule has 1 heterocycles. The van der Waals surface area contributed by atoms with Crippen molar-refractivity contribution in [3.05, 3.63) is 95.1 Å². The van der Waals surface area contributed by atoms with E-state index in [2.05, 4.69) is 5.32 Å². The molecule has 3 aromatic rings. The summed E-state index contributed by atoms with van der Waals surface area (Å²) in [6, 6.07) is 21.3. The Labute approximate surface area is 169 Å². The fourth-order valence-electron chi connectivity index (χ4n) is 3.49. The van der Waals surface area contributed by atoms with Crippen LogP contribution < -0.4 is 10.2 Å². The lowest BCUT2D eigenvalue weighted by molar-refractivity contribution is 0.0987. The van der Waals surface area contributed by atoms with E-state index in [0.29, 0.717) is 28.9 Å². The van der Waals surface area contributed by atoms with Gasteiger partial charge in [0, 0.05) is 34.6 Å². The van der Waals surface area contributed by atoms with Crippen molar-refractivity contribution in [2.45, 2.75) is 13.3 Å². The second-order valence-electron chi connectivity index (χ2n) is 7.00. The SMILES string of the molecule is CC(=O)c1ccc(NC(=O)c2cccc(C(=O)N3CCc4ccccc43)c2)cc1. The van der Waals surface area contributed by atoms with Crippen molar-refractivity contribution >= 4 is 29.0 Å². The van der Waals surface area contributed by atoms with Crippen molar-refractivity contribution < 1.29 is 14.4 Å². The lowest BCUT2D eigenvalue weighted by atomic mass is 10.1. The molecular weight excluding hydrogens is 364 g/mol. The first-order valence-electron chi connectivity index (χ1n) is 9.45. The molecule has 1 aliphatic rings. The molecular formula is C24H20N2O3. The molecule has 4 rings (SSSR count). The highest BCUT2D eigenvalue weighted by Gasteiger charge is 2.25. The number of carbonyl (C=O) groups excluding carboxylic acids is 3. The number of para-hydroxylation sites is 1. The second kappa shape index (κ2) is 7.72. The van der Waals surface area contributed by atoms with E-state index >= 15 is 0 Å². The number of nitrogens with one attached hydrogen (secondary N) is 1. The predicted molar refractivity (Wildman–Crippen MR) is 113 cm³/mol. The molecule has 1 N–H and O–H groups in total. The minimum Gasteiger partial charge on any atom is -0.322 e. The van der Waals surface area contributed by atoms with Crippen molar-refractivity contribution in [1.82, 2.24) is 0 Å². The van der Waals surface area contributed by atoms with E-state index in [1.54, 1.807) is 53.4 Å². The van der Waals surface area contributed by atoms with Gasteiger partial charge in [-0.3, -0.25) is 14.4 Å². The molecule has 3 aromatic carbocycles. The highest BCUT2D eigenvalue weighted by Crippen LogP contribution is 2.29. The molecule has 0 bridgehead atoms. The van der Waals surface area contributed by atoms with Gasteiger partial charge in [0.1, 0.15) is 0 Å². The van der Waals surface area contributed by atoms with Gasteiger partial charge in [0.05, 0.1) is 0 Å². The molecule has 0 atom stereocenters. The smallest absolute Gasteiger partial charge is 0.258 e. The fraction of sp³-hybridized carbons (Fsp3) is 0.125. The number of Topliss-reactive ketones (excluding diaryl/α,β-unsaturated/α-hetero) is 1. The Bertz CT molecular complexity index is 1100. The van der Waals surface area contributed by atoms with E-state index < -0.39 is 0 Å². The molecule has 0 unspecified atom stereocenters. The van der Waals surface area contributed by atoms with Crippen LogP contribution in [-0.2, 0) is 6.42 Å². The van der Waals surface area contributed by atoms with Crippen LogP contribution in [0.5, 0.6) is 0 Å². The maximum atomic E-state index is 13.0. The number of amides is 2. The van der Waals surface area contributed by atoms with E-state index in [-0.39, 0.29) is 17.6 Å². The van der Waals surface area contributed by atoms with E-state index in [0.717, 1.165) is 17.7 Å². The molecule has 0 fully saturated rings. The van der Waals surface area contributed by atoms with Gasteiger partial charge in [-0.25, -0.2) is 0 Å². The molecule has 0 spiro atoms. The zero-order valence-corrected chi connectivity index (χ0v) is 16.0. The van der Waals surface area contributed by atoms with Crippen LogP contribution in [0.25, 0.3) is 0 Å². The van der Waals surface area contributed by atoms with Crippen molar-refractivity contribution in [1.29, 1.82) is 0 Å². The van der Waals surface area contributed by atoms with Crippen LogP contribution in [0, 0.1) is 0 Å². The summed E-state index contributed by atoms with van der Waals surface area (Å²) in [5.74, 6) is -0.454. The molecule has 29 heavy (non-hydrogen) atoms. The van der Waals surface area contributed by atoms with Crippen LogP contribution in [0.1, 0.15) is 43.6 Å². The topological polar surface area (TPSA) is 66.5 Å². The number of nitrogens with zero attached hydrogens (tertiary/aromatic N) is 1. The molecule has 144 valence electrons. The lowest BCUT2D eigenvalue weighted by Crippen LogP contribution is -2.29. The summed E-state index contributed by atoms with van der Waals surface area (Å²) in [6.45, 7) is 2.13. The Morgan fingerprint density at radius 2 is 1.55 bits per heavy atom. The Morgan fingerprint density at radius 3 is 2.31 bits per heavy atom. The summed E-state index contributed by atoms with van der Waals surface area (Å²) in [7, 11) is 0. The zero-order valence-electron chi connectivity index (χ0n) is 16.0. The fourth-order valence-corrected chi connectivity index (χ4v) is 3.49. The number of benzene rings is 3. The third-order valence-corrected chi connectivity index (χ3v) is 5.05. The minimum absolute atomic E-state index is 0.0300. The molecule has 0 radical (unpaired) electrons. The molecule has 0 aromatic heterocycles. The quantitative estimate of drug-likeness (QED) is 0.680. The van der Waals surface area contributed by atoms with Gasteiger partial charge in [-0.15, -0.1) is 0 Å². The average Bonchev–Trinajstić information content (AvgIpc) is 3.18. The van der Waals surface area contributed by atoms with Crippen LogP contribution in [-0.4, -0.2) is 24.1 Å². The van der Waals surface area contributed by atoms with Crippen molar-refractivity contribution in [3.63, 3.8) is 0 Å². The Morgan fingerprint density at radius 1 is 0.828 bits per heavy atom. The van der Waals surface area contributed by atoms with Crippen LogP contribution >= 0.6 is 0 Å². The number of fused-ring (bicyclic) bond motifs is 1. The number of hydrogen-bond donors (Lipinski definition) is 1. The molecule has 0 saturated heterocycles. The first-order chi connectivity index (χ1) is 14.0. The number of hydrogen-bond acceptors (Lipinski definition) is 3. The minimum atomic E-state index is -0.308. The molecule has 2 amide bonds. The van der Waals surface area contributed by atoms with Gasteiger partial charge in [0.25, 0.3) is 11.8 Å². The molecule has 1 aliphatic heterocycles. The van der Waals surface area contributed by atoms with Gasteiger partial charge >= 0.3 is 0 Å². The van der Waals surface area contributed by atoms with E-state index in [1.807, 2.05) is 24.3 Å². The van der Waals surface area contributed by atoms with E-state index in [9.17, 15) is 14.4 Å². The number of carbonyl (C=O) groups is 3. The second-order valence-corrected chi connectivity index (χ2v) is 7.00. The van der Waals surface area contributed by atoms with Gasteiger partial charge < -0.3 is 10.2 Å². The van der Waals surface area contributed by atoms with Gasteiger partial charge in [0.15, 0.2) is 5.78 Å². The van der Waals surface area contributed by atoms with E-state index in [4.69, 9.17) is 0 Å². The van der Waals surface area contributed by atoms with E-state index in [1.165, 1.54) is 6.92 Å². The van der Waals surface area contributed by atoms with Crippen molar-refractivity contribution in [2.75, 3.05) is 16.8 Å². The Balaban J connectivity index is 1.52. The van der Waals surface area contributed by atoms with Crippen LogP contribution in [0.3, 0.4) is 0 Å². The van der Waals surface area contributed by atoms with Gasteiger partial charge in [-0.1, -0.05) is 24.3 Å². The molecule has 0 saturated carbocycles. The monoisotopic (exact) mass is 384 g/mol. The maximum absolute atomic E-state index is 13.0. The van der Waals surface area contributed by atoms with Gasteiger partial charge in [-0.05, 0) is 67.4 Å². The summed E-state index contributed by atoms with van der Waals surface area (Å²) in [6.07, 6.45) is 0.832. The van der Waals surface area contributed by atoms with Crippen LogP contribution in [0.15, 0.2) is 72.8 Å². The first kappa shape index (κ1) is 18.6. The zero-order chi connectivity index (χ0) is 20.4. The Kier molecular flexibility index (Phi) is 4.96. The standard InChI is InChI=1S/C24H20N2O3/c1-16(27)17-9-11-21(12-10-17)25-23(28)19-6-4-7-20(15-19)24(29)26-14-13-18-5-2-3-8-22(18)26/h2-12,15H,13-14H2,1H3,(H,25,28). The molecule has 0 aliphatic carbocycles. The highest BCUT2D eigenvalue weighted by molar-refractivity contribution is 6.10. The maximum Gasteiger partial charge on any atom is 0.258 e. The van der Waals surface area contributed by atoms with Crippen LogP contribution in [0.4, 0.5) is 11.4 Å². The third kappa shape index (κ3) is 3.80. The predicted octanol–water partition coefficient (Wildman–Crippen LogP) is 4.34. The normalized spacial score (nSPS) is 12.4. The molecule has 5 nitrogen and oxygen atoms in total. The van der Waals surface area contributed by atoms with Gasteiger partial charge in [0.2, 0.25) is 0 Å². The lowest BCUT2D eigenvalue weighted by Gasteiger charge is -2.17. The van der Waals surface area contributed by atoms with Crippen molar-refractivity contribution in [3.8, 4) is 0 Å². The summed E-state index contributed by atoms with van der Waals surface area (Å²) in [5, 5.41) is 2.80. The Hall–Kier alpha value is -3.73. The van der Waals surface area contributed by atoms with Crippen LogP contribution in [0.2, 0.25) is 0 Å². The number of anilines is 2. The average molecular weight is 384 g/mol. The number of ketones is 1. The summed E-state index contributed by atoms with van der Waals surface area (Å²) in [4.78, 5) is 38.8. The highest BCUT2D eigenvalue weighted by atomic mass is 16.2. The summed E-state index contributed by atoms with van der Waals surface area (Å²) in [5.41, 5.74) is 4.13. The third-order valence-electron chi connectivity index (χ3n) is 5.05. The van der Waals surface area contributed by atoms with Gasteiger partial charge in [-0.2, -0.15) is 0 Å². The molecule has 5 heteroatoms. The summed E-state index contributed by atoms with van der Waals surface area (Å²) < 4.78 is 0. The summed E-state index contributed by atoms with van der Waals surface area (Å²) >= 11 is 0. The first-order valence-corrected chi connectivity index (χ1v) is 9.45. The largest absolute Gasteiger partial charge is 0.322 e.